The van der Waals surface area contributed by atoms with Crippen LogP contribution in [0.4, 0.5) is 0 Å². The fraction of sp³-hybridized carbons (Fsp3) is 0.667. The molecule has 0 spiro atoms. The summed E-state index contributed by atoms with van der Waals surface area (Å²) in [5.74, 6) is 0.235. The van der Waals surface area contributed by atoms with Crippen LogP contribution >= 0.6 is 0 Å². The van der Waals surface area contributed by atoms with Gasteiger partial charge in [-0.2, -0.15) is 0 Å². The number of likely N-dealkylation sites (tertiary alicyclic amines) is 1. The molecule has 4 N–H and O–H groups in total. The fourth-order valence-electron chi connectivity index (χ4n) is 4.16. The summed E-state index contributed by atoms with van der Waals surface area (Å²) in [7, 11) is 0. The first-order valence-electron chi connectivity index (χ1n) is 10.0. The number of amides is 1. The van der Waals surface area contributed by atoms with Gasteiger partial charge in [-0.05, 0) is 23.8 Å². The van der Waals surface area contributed by atoms with E-state index in [1.165, 1.54) is 5.56 Å². The lowest BCUT2D eigenvalue weighted by Crippen LogP contribution is -2.59. The van der Waals surface area contributed by atoms with Crippen molar-refractivity contribution < 1.29 is 9.90 Å². The Morgan fingerprint density at radius 1 is 1.30 bits per heavy atom. The number of carbonyl (C=O) groups excluding carboxylic acids is 1. The van der Waals surface area contributed by atoms with Crippen LogP contribution in [-0.2, 0) is 4.79 Å². The predicted molar refractivity (Wildman–Crippen MR) is 107 cm³/mol. The van der Waals surface area contributed by atoms with Crippen LogP contribution in [0, 0.1) is 11.3 Å². The number of rotatable bonds is 6. The summed E-state index contributed by atoms with van der Waals surface area (Å²) in [6, 6.07) is 10.6. The fourth-order valence-corrected chi connectivity index (χ4v) is 4.16. The van der Waals surface area contributed by atoms with E-state index in [2.05, 4.69) is 49.1 Å². The number of hydrogen-bond donors (Lipinski definition) is 4. The molecule has 2 heterocycles. The van der Waals surface area contributed by atoms with Gasteiger partial charge >= 0.3 is 0 Å². The van der Waals surface area contributed by atoms with Crippen molar-refractivity contribution in [3.8, 4) is 0 Å². The van der Waals surface area contributed by atoms with Crippen LogP contribution in [0.1, 0.15) is 45.2 Å². The molecule has 1 aromatic rings. The van der Waals surface area contributed by atoms with Crippen molar-refractivity contribution in [3.05, 3.63) is 35.9 Å². The molecule has 0 saturated carbocycles. The van der Waals surface area contributed by atoms with Gasteiger partial charge in [0.1, 0.15) is 0 Å². The minimum Gasteiger partial charge on any atom is -0.379 e. The number of hydrogen-bond acceptors (Lipinski definition) is 5. The van der Waals surface area contributed by atoms with Crippen LogP contribution in [0.2, 0.25) is 0 Å². The summed E-state index contributed by atoms with van der Waals surface area (Å²) in [5, 5.41) is 14.4. The van der Waals surface area contributed by atoms with Crippen molar-refractivity contribution >= 4 is 5.91 Å². The molecular formula is C21H34N4O2. The van der Waals surface area contributed by atoms with Crippen LogP contribution < -0.4 is 16.2 Å². The molecule has 150 valence electrons. The third kappa shape index (κ3) is 5.08. The van der Waals surface area contributed by atoms with Crippen LogP contribution in [0.3, 0.4) is 0 Å². The van der Waals surface area contributed by atoms with Crippen molar-refractivity contribution in [1.29, 1.82) is 0 Å². The lowest BCUT2D eigenvalue weighted by atomic mass is 9.88. The summed E-state index contributed by atoms with van der Waals surface area (Å²) in [4.78, 5) is 14.7. The lowest BCUT2D eigenvalue weighted by Gasteiger charge is -2.41. The largest absolute Gasteiger partial charge is 0.379 e. The van der Waals surface area contributed by atoms with Crippen molar-refractivity contribution in [2.45, 2.75) is 45.3 Å². The first kappa shape index (κ1) is 20.3. The minimum absolute atomic E-state index is 0.0332. The average molecular weight is 375 g/mol. The molecule has 3 rings (SSSR count). The summed E-state index contributed by atoms with van der Waals surface area (Å²) < 4.78 is 0. The smallest absolute Gasteiger partial charge is 0.255 e. The Labute approximate surface area is 162 Å². The molecule has 2 aliphatic heterocycles. The second kappa shape index (κ2) is 8.27. The van der Waals surface area contributed by atoms with Gasteiger partial charge in [-0.1, -0.05) is 51.1 Å². The highest BCUT2D eigenvalue weighted by atomic mass is 16.3. The number of nitrogens with one attached hydrogen (secondary N) is 3. The normalized spacial score (nSPS) is 29.3. The Bertz CT molecular complexity index is 631. The monoisotopic (exact) mass is 374 g/mol. The minimum atomic E-state index is -1.29. The van der Waals surface area contributed by atoms with Gasteiger partial charge in [0.05, 0.1) is 6.04 Å². The molecular weight excluding hydrogens is 340 g/mol. The highest BCUT2D eigenvalue weighted by Gasteiger charge is 2.43. The molecule has 3 atom stereocenters. The molecule has 6 nitrogen and oxygen atoms in total. The SMILES string of the molecule is CC(C)(C)CN1CCCC(O)(CNCC2CNNC2c2ccccc2)C1=O. The molecule has 2 fully saturated rings. The molecule has 1 aromatic carbocycles. The van der Waals surface area contributed by atoms with E-state index < -0.39 is 5.60 Å². The zero-order chi connectivity index (χ0) is 19.5. The number of benzene rings is 1. The highest BCUT2D eigenvalue weighted by Crippen LogP contribution is 2.27. The molecule has 6 heteroatoms. The maximum absolute atomic E-state index is 12.8. The molecule has 0 bridgehead atoms. The molecule has 0 aromatic heterocycles. The first-order valence-corrected chi connectivity index (χ1v) is 10.0. The van der Waals surface area contributed by atoms with Crippen molar-refractivity contribution in [1.82, 2.24) is 21.1 Å². The zero-order valence-corrected chi connectivity index (χ0v) is 16.8. The van der Waals surface area contributed by atoms with E-state index in [0.717, 1.165) is 26.1 Å². The second-order valence-electron chi connectivity index (χ2n) is 9.23. The molecule has 2 aliphatic rings. The molecule has 27 heavy (non-hydrogen) atoms. The third-order valence-electron chi connectivity index (χ3n) is 5.44. The van der Waals surface area contributed by atoms with Crippen LogP contribution in [0.5, 0.6) is 0 Å². The topological polar surface area (TPSA) is 76.6 Å². The zero-order valence-electron chi connectivity index (χ0n) is 16.8. The number of carbonyl (C=O) groups is 1. The van der Waals surface area contributed by atoms with E-state index in [1.807, 2.05) is 23.1 Å². The number of nitrogens with zero attached hydrogens (tertiary/aromatic N) is 1. The summed E-state index contributed by atoms with van der Waals surface area (Å²) in [6.45, 7) is 9.70. The number of aliphatic hydroxyl groups is 1. The summed E-state index contributed by atoms with van der Waals surface area (Å²) >= 11 is 0. The maximum atomic E-state index is 12.8. The van der Waals surface area contributed by atoms with Gasteiger partial charge in [-0.3, -0.25) is 10.2 Å². The number of piperidine rings is 1. The first-order chi connectivity index (χ1) is 12.8. The van der Waals surface area contributed by atoms with Crippen molar-refractivity contribution in [2.24, 2.45) is 11.3 Å². The predicted octanol–water partition coefficient (Wildman–Crippen LogP) is 1.44. The summed E-state index contributed by atoms with van der Waals surface area (Å²) in [5.41, 5.74) is 6.56. The Balaban J connectivity index is 1.55. The Kier molecular flexibility index (Phi) is 6.21. The Morgan fingerprint density at radius 2 is 2.04 bits per heavy atom. The second-order valence-corrected chi connectivity index (χ2v) is 9.23. The van der Waals surface area contributed by atoms with Crippen LogP contribution in [0.15, 0.2) is 30.3 Å². The van der Waals surface area contributed by atoms with Crippen molar-refractivity contribution in [3.63, 3.8) is 0 Å². The molecule has 1 amide bonds. The molecule has 0 aliphatic carbocycles. The van der Waals surface area contributed by atoms with Gasteiger partial charge in [0.25, 0.3) is 5.91 Å². The molecule has 3 unspecified atom stereocenters. The van der Waals surface area contributed by atoms with Crippen LogP contribution in [-0.4, -0.2) is 54.2 Å². The highest BCUT2D eigenvalue weighted by molar-refractivity contribution is 5.86. The average Bonchev–Trinajstić information content (AvgIpc) is 3.07. The van der Waals surface area contributed by atoms with E-state index in [0.29, 0.717) is 25.4 Å². The maximum Gasteiger partial charge on any atom is 0.255 e. The van der Waals surface area contributed by atoms with E-state index in [4.69, 9.17) is 0 Å². The number of hydrazine groups is 1. The third-order valence-corrected chi connectivity index (χ3v) is 5.44. The van der Waals surface area contributed by atoms with Gasteiger partial charge < -0.3 is 15.3 Å². The quantitative estimate of drug-likeness (QED) is 0.606. The lowest BCUT2D eigenvalue weighted by molar-refractivity contribution is -0.158. The Morgan fingerprint density at radius 3 is 2.74 bits per heavy atom. The van der Waals surface area contributed by atoms with Gasteiger partial charge in [-0.15, -0.1) is 0 Å². The van der Waals surface area contributed by atoms with Gasteiger partial charge in [0.15, 0.2) is 5.60 Å². The Hall–Kier alpha value is -1.47. The van der Waals surface area contributed by atoms with Gasteiger partial charge in [0, 0.05) is 38.6 Å². The van der Waals surface area contributed by atoms with Gasteiger partial charge in [0.2, 0.25) is 0 Å². The standard InChI is InChI=1S/C21H34N4O2/c1-20(2,3)15-25-11-7-10-21(27,19(25)26)14-22-12-17-13-23-24-18(17)16-8-5-4-6-9-16/h4-6,8-9,17-18,22-24,27H,7,10-15H2,1-3H3. The van der Waals surface area contributed by atoms with E-state index in [9.17, 15) is 9.90 Å². The van der Waals surface area contributed by atoms with E-state index in [-0.39, 0.29) is 17.4 Å². The molecule has 2 saturated heterocycles. The molecule has 0 radical (unpaired) electrons. The van der Waals surface area contributed by atoms with Crippen LogP contribution in [0.25, 0.3) is 0 Å². The van der Waals surface area contributed by atoms with E-state index in [1.54, 1.807) is 0 Å². The van der Waals surface area contributed by atoms with Crippen molar-refractivity contribution in [2.75, 3.05) is 32.7 Å². The summed E-state index contributed by atoms with van der Waals surface area (Å²) in [6.07, 6.45) is 1.38. The van der Waals surface area contributed by atoms with Gasteiger partial charge in [-0.25, -0.2) is 5.43 Å². The van der Waals surface area contributed by atoms with E-state index >= 15 is 0 Å².